The first-order valence-electron chi connectivity index (χ1n) is 6.49. The zero-order valence-corrected chi connectivity index (χ0v) is 12.0. The Hall–Kier alpha value is -2.10. The zero-order valence-electron chi connectivity index (χ0n) is 12.0. The zero-order chi connectivity index (χ0) is 14.3. The summed E-state index contributed by atoms with van der Waals surface area (Å²) in [5, 5.41) is 2.85. The molecule has 0 radical (unpaired) electrons. The molecule has 2 rings (SSSR count). The van der Waals surface area contributed by atoms with E-state index < -0.39 is 0 Å². The quantitative estimate of drug-likeness (QED) is 0.921. The molecular weight excluding hydrogens is 238 g/mol. The number of hydrogen-bond donors (Lipinski definition) is 1. The Morgan fingerprint density at radius 2 is 1.89 bits per heavy atom. The third kappa shape index (κ3) is 4.25. The molecule has 0 atom stereocenters. The molecule has 0 aliphatic carbocycles. The summed E-state index contributed by atoms with van der Waals surface area (Å²) in [5.74, 6) is 0.294. The summed E-state index contributed by atoms with van der Waals surface area (Å²) in [6, 6.07) is 9.81. The number of aromatic nitrogens is 2. The second-order valence-corrected chi connectivity index (χ2v) is 3.99. The van der Waals surface area contributed by atoms with Gasteiger partial charge in [-0.3, -0.25) is 4.79 Å². The number of hydrogen-bond acceptors (Lipinski definition) is 2. The number of carbonyl (C=O) groups is 1. The van der Waals surface area contributed by atoms with E-state index in [-0.39, 0.29) is 5.91 Å². The lowest BCUT2D eigenvalue weighted by Gasteiger charge is -2.04. The summed E-state index contributed by atoms with van der Waals surface area (Å²) in [4.78, 5) is 16.0. The minimum Gasteiger partial charge on any atom is -0.345 e. The van der Waals surface area contributed by atoms with Gasteiger partial charge in [0.25, 0.3) is 5.91 Å². The van der Waals surface area contributed by atoms with Crippen molar-refractivity contribution in [2.45, 2.75) is 27.3 Å². The summed E-state index contributed by atoms with van der Waals surface area (Å²) in [6.45, 7) is 6.39. The highest BCUT2D eigenvalue weighted by atomic mass is 16.2. The molecule has 0 bridgehead atoms. The van der Waals surface area contributed by atoms with Gasteiger partial charge in [-0.25, -0.2) is 4.98 Å². The van der Waals surface area contributed by atoms with Crippen molar-refractivity contribution in [2.24, 2.45) is 7.05 Å². The maximum Gasteiger partial charge on any atom is 0.287 e. The van der Waals surface area contributed by atoms with Crippen LogP contribution >= 0.6 is 0 Å². The van der Waals surface area contributed by atoms with Crippen LogP contribution in [0.1, 0.15) is 35.7 Å². The maximum atomic E-state index is 11.9. The van der Waals surface area contributed by atoms with E-state index in [0.29, 0.717) is 12.4 Å². The molecular formula is C15H21N3O. The van der Waals surface area contributed by atoms with Gasteiger partial charge in [0.1, 0.15) is 0 Å². The van der Waals surface area contributed by atoms with E-state index in [1.807, 2.05) is 64.3 Å². The van der Waals surface area contributed by atoms with Crippen LogP contribution in [-0.4, -0.2) is 15.5 Å². The summed E-state index contributed by atoms with van der Waals surface area (Å²) in [5.41, 5.74) is 1.92. The van der Waals surface area contributed by atoms with Gasteiger partial charge in [0.15, 0.2) is 5.82 Å². The van der Waals surface area contributed by atoms with Crippen molar-refractivity contribution in [3.63, 3.8) is 0 Å². The normalized spacial score (nSPS) is 9.47. The third-order valence-electron chi connectivity index (χ3n) is 2.50. The topological polar surface area (TPSA) is 46.9 Å². The average Bonchev–Trinajstić information content (AvgIpc) is 2.78. The highest BCUT2D eigenvalue weighted by molar-refractivity contribution is 5.90. The molecule has 0 aliphatic heterocycles. The van der Waals surface area contributed by atoms with Crippen LogP contribution in [0.2, 0.25) is 0 Å². The van der Waals surface area contributed by atoms with Gasteiger partial charge in [0.2, 0.25) is 0 Å². The molecule has 102 valence electrons. The van der Waals surface area contributed by atoms with E-state index in [1.54, 1.807) is 4.57 Å². The molecule has 1 amide bonds. The Bertz CT molecular complexity index is 517. The number of imidazole rings is 1. The van der Waals surface area contributed by atoms with E-state index in [0.717, 1.165) is 11.3 Å². The van der Waals surface area contributed by atoms with Gasteiger partial charge in [-0.2, -0.15) is 0 Å². The van der Waals surface area contributed by atoms with Gasteiger partial charge >= 0.3 is 0 Å². The Balaban J connectivity index is 0.000000861. The van der Waals surface area contributed by atoms with Crippen LogP contribution in [0.15, 0.2) is 36.5 Å². The predicted molar refractivity (Wildman–Crippen MR) is 76.9 cm³/mol. The van der Waals surface area contributed by atoms with Crippen molar-refractivity contribution in [1.82, 2.24) is 14.9 Å². The van der Waals surface area contributed by atoms with Gasteiger partial charge in [0, 0.05) is 19.8 Å². The summed E-state index contributed by atoms with van der Waals surface area (Å²) < 4.78 is 1.73. The van der Waals surface area contributed by atoms with E-state index in [4.69, 9.17) is 0 Å². The van der Waals surface area contributed by atoms with E-state index in [2.05, 4.69) is 10.3 Å². The second-order valence-electron chi connectivity index (χ2n) is 3.99. The van der Waals surface area contributed by atoms with Crippen molar-refractivity contribution < 1.29 is 4.79 Å². The molecule has 1 aromatic carbocycles. The van der Waals surface area contributed by atoms with Crippen LogP contribution in [0.3, 0.4) is 0 Å². The molecule has 0 unspecified atom stereocenters. The largest absolute Gasteiger partial charge is 0.345 e. The average molecular weight is 259 g/mol. The minimum absolute atomic E-state index is 0.149. The highest BCUT2D eigenvalue weighted by Gasteiger charge is 2.11. The predicted octanol–water partition coefficient (Wildman–Crippen LogP) is 2.68. The van der Waals surface area contributed by atoms with Crippen molar-refractivity contribution in [2.75, 3.05) is 0 Å². The molecule has 2 aromatic rings. The van der Waals surface area contributed by atoms with Crippen LogP contribution < -0.4 is 5.32 Å². The molecule has 0 aliphatic rings. The number of rotatable bonds is 3. The first-order valence-corrected chi connectivity index (χ1v) is 6.49. The highest BCUT2D eigenvalue weighted by Crippen LogP contribution is 2.01. The first kappa shape index (κ1) is 15.0. The molecule has 4 nitrogen and oxygen atoms in total. The number of nitrogens with one attached hydrogen (secondary N) is 1. The lowest BCUT2D eigenvalue weighted by atomic mass is 10.2. The summed E-state index contributed by atoms with van der Waals surface area (Å²) in [7, 11) is 1.82. The van der Waals surface area contributed by atoms with Crippen molar-refractivity contribution in [3.8, 4) is 0 Å². The fourth-order valence-electron chi connectivity index (χ4n) is 1.68. The standard InChI is InChI=1S/C13H15N3O.C2H6/c1-10-9-16(2)12(15-10)13(17)14-8-11-6-4-3-5-7-11;1-2/h3-7,9H,8H2,1-2H3,(H,14,17);1-2H3. The Kier molecular flexibility index (Phi) is 5.79. The number of aryl methyl sites for hydroxylation is 2. The lowest BCUT2D eigenvalue weighted by molar-refractivity contribution is 0.0937. The Labute approximate surface area is 114 Å². The number of nitrogens with zero attached hydrogens (tertiary/aromatic N) is 2. The van der Waals surface area contributed by atoms with Gasteiger partial charge < -0.3 is 9.88 Å². The fraction of sp³-hybridized carbons (Fsp3) is 0.333. The Morgan fingerprint density at radius 3 is 2.42 bits per heavy atom. The number of carbonyl (C=O) groups excluding carboxylic acids is 1. The molecule has 0 fully saturated rings. The smallest absolute Gasteiger partial charge is 0.287 e. The van der Waals surface area contributed by atoms with Crippen LogP contribution in [0.4, 0.5) is 0 Å². The van der Waals surface area contributed by atoms with Crippen molar-refractivity contribution >= 4 is 5.91 Å². The van der Waals surface area contributed by atoms with Gasteiger partial charge in [0.05, 0.1) is 5.69 Å². The van der Waals surface area contributed by atoms with Gasteiger partial charge in [-0.15, -0.1) is 0 Å². The molecule has 1 N–H and O–H groups in total. The van der Waals surface area contributed by atoms with E-state index in [9.17, 15) is 4.79 Å². The molecule has 0 spiro atoms. The van der Waals surface area contributed by atoms with Crippen molar-refractivity contribution in [1.29, 1.82) is 0 Å². The van der Waals surface area contributed by atoms with Crippen LogP contribution in [0.25, 0.3) is 0 Å². The van der Waals surface area contributed by atoms with E-state index >= 15 is 0 Å². The first-order chi connectivity index (χ1) is 9.16. The van der Waals surface area contributed by atoms with Crippen molar-refractivity contribution in [3.05, 3.63) is 53.6 Å². The number of amides is 1. The van der Waals surface area contributed by atoms with Crippen LogP contribution in [0, 0.1) is 6.92 Å². The summed E-state index contributed by atoms with van der Waals surface area (Å²) in [6.07, 6.45) is 1.83. The molecule has 19 heavy (non-hydrogen) atoms. The van der Waals surface area contributed by atoms with Gasteiger partial charge in [-0.05, 0) is 12.5 Å². The molecule has 0 saturated heterocycles. The molecule has 1 aromatic heterocycles. The third-order valence-corrected chi connectivity index (χ3v) is 2.50. The maximum absolute atomic E-state index is 11.9. The van der Waals surface area contributed by atoms with Gasteiger partial charge in [-0.1, -0.05) is 44.2 Å². The monoisotopic (exact) mass is 259 g/mol. The SMILES string of the molecule is CC.Cc1cn(C)c(C(=O)NCc2ccccc2)n1. The molecule has 0 saturated carbocycles. The van der Waals surface area contributed by atoms with E-state index in [1.165, 1.54) is 0 Å². The number of benzene rings is 1. The van der Waals surface area contributed by atoms with Crippen LogP contribution in [-0.2, 0) is 13.6 Å². The Morgan fingerprint density at radius 1 is 1.26 bits per heavy atom. The van der Waals surface area contributed by atoms with Crippen LogP contribution in [0.5, 0.6) is 0 Å². The molecule has 4 heteroatoms. The lowest BCUT2D eigenvalue weighted by Crippen LogP contribution is -2.25. The summed E-state index contributed by atoms with van der Waals surface area (Å²) >= 11 is 0. The second kappa shape index (κ2) is 7.36. The minimum atomic E-state index is -0.149. The fourth-order valence-corrected chi connectivity index (χ4v) is 1.68. The molecule has 1 heterocycles.